The molecular weight excluding hydrogens is 545 g/mol. The Morgan fingerprint density at radius 2 is 1.61 bits per heavy atom. The molecular formula is C28H31Cl2N3O4S. The van der Waals surface area contributed by atoms with E-state index >= 15 is 0 Å². The summed E-state index contributed by atoms with van der Waals surface area (Å²) >= 11 is 12.5. The van der Waals surface area contributed by atoms with Crippen LogP contribution in [0, 0.1) is 6.92 Å². The molecule has 0 aliphatic heterocycles. The van der Waals surface area contributed by atoms with Gasteiger partial charge in [-0.25, -0.2) is 8.42 Å². The van der Waals surface area contributed by atoms with Gasteiger partial charge in [0.1, 0.15) is 12.6 Å². The highest BCUT2D eigenvalue weighted by Gasteiger charge is 2.32. The summed E-state index contributed by atoms with van der Waals surface area (Å²) in [5.41, 5.74) is 1.70. The van der Waals surface area contributed by atoms with Crippen molar-refractivity contribution in [2.24, 2.45) is 0 Å². The molecule has 0 fully saturated rings. The fraction of sp³-hybridized carbons (Fsp3) is 0.286. The third-order valence-corrected chi connectivity index (χ3v) is 8.32. The Kier molecular flexibility index (Phi) is 9.82. The number of aryl methyl sites for hydroxylation is 1. The van der Waals surface area contributed by atoms with Crippen LogP contribution in [0.1, 0.15) is 31.9 Å². The van der Waals surface area contributed by atoms with Gasteiger partial charge in [0.25, 0.3) is 10.0 Å². The molecule has 1 atom stereocenters. The first kappa shape index (κ1) is 29.5. The molecule has 0 saturated heterocycles. The van der Waals surface area contributed by atoms with Crippen LogP contribution in [0.3, 0.4) is 0 Å². The van der Waals surface area contributed by atoms with Gasteiger partial charge in [-0.2, -0.15) is 0 Å². The standard InChI is InChI=1S/C28H31Cl2N3O4S/c1-19(2)31-28(35)21(4)32(17-22-9-8-10-23(29)15-22)27(34)18-33(24-14-13-20(3)26(30)16-24)38(36,37)25-11-6-5-7-12-25/h5-16,19,21H,17-18H2,1-4H3,(H,31,35)/t21-/m1/s1. The molecule has 2 amide bonds. The Bertz CT molecular complexity index is 1400. The Morgan fingerprint density at radius 1 is 0.921 bits per heavy atom. The minimum Gasteiger partial charge on any atom is -0.352 e. The van der Waals surface area contributed by atoms with E-state index < -0.39 is 28.5 Å². The number of nitrogens with zero attached hydrogens (tertiary/aromatic N) is 2. The Morgan fingerprint density at radius 3 is 2.21 bits per heavy atom. The van der Waals surface area contributed by atoms with Crippen LogP contribution in [0.2, 0.25) is 10.0 Å². The molecule has 3 rings (SSSR count). The van der Waals surface area contributed by atoms with Crippen LogP contribution in [0.5, 0.6) is 0 Å². The molecule has 0 unspecified atom stereocenters. The van der Waals surface area contributed by atoms with Gasteiger partial charge in [0.2, 0.25) is 11.8 Å². The van der Waals surface area contributed by atoms with Gasteiger partial charge in [-0.05, 0) is 75.2 Å². The number of carbonyl (C=O) groups is 2. The van der Waals surface area contributed by atoms with E-state index in [1.54, 1.807) is 68.4 Å². The van der Waals surface area contributed by atoms with Gasteiger partial charge >= 0.3 is 0 Å². The molecule has 7 nitrogen and oxygen atoms in total. The Labute approximate surface area is 234 Å². The second-order valence-corrected chi connectivity index (χ2v) is 12.0. The van der Waals surface area contributed by atoms with Crippen LogP contribution in [0.25, 0.3) is 0 Å². The van der Waals surface area contributed by atoms with E-state index in [0.717, 1.165) is 9.87 Å². The number of hydrogen-bond donors (Lipinski definition) is 1. The molecule has 0 saturated carbocycles. The fourth-order valence-electron chi connectivity index (χ4n) is 3.81. The molecule has 0 bridgehead atoms. The molecule has 202 valence electrons. The van der Waals surface area contributed by atoms with Crippen molar-refractivity contribution in [1.82, 2.24) is 10.2 Å². The maximum Gasteiger partial charge on any atom is 0.264 e. The number of hydrogen-bond acceptors (Lipinski definition) is 4. The number of amides is 2. The average molecular weight is 577 g/mol. The normalized spacial score (nSPS) is 12.2. The second kappa shape index (κ2) is 12.7. The lowest BCUT2D eigenvalue weighted by Gasteiger charge is -2.32. The predicted molar refractivity (Wildman–Crippen MR) is 152 cm³/mol. The topological polar surface area (TPSA) is 86.8 Å². The van der Waals surface area contributed by atoms with Gasteiger partial charge in [-0.1, -0.05) is 59.6 Å². The summed E-state index contributed by atoms with van der Waals surface area (Å²) in [6, 6.07) is 18.6. The van der Waals surface area contributed by atoms with Gasteiger partial charge in [0.15, 0.2) is 0 Å². The van der Waals surface area contributed by atoms with Gasteiger partial charge in [-0.3, -0.25) is 13.9 Å². The number of sulfonamides is 1. The molecule has 0 radical (unpaired) electrons. The first-order valence-electron chi connectivity index (χ1n) is 12.1. The molecule has 0 heterocycles. The van der Waals surface area contributed by atoms with Crippen LogP contribution in [0.15, 0.2) is 77.7 Å². The zero-order chi connectivity index (χ0) is 28.0. The maximum atomic E-state index is 13.9. The van der Waals surface area contributed by atoms with Crippen molar-refractivity contribution in [3.05, 3.63) is 94.0 Å². The summed E-state index contributed by atoms with van der Waals surface area (Å²) in [6.07, 6.45) is 0. The summed E-state index contributed by atoms with van der Waals surface area (Å²) < 4.78 is 28.5. The summed E-state index contributed by atoms with van der Waals surface area (Å²) in [7, 11) is -4.15. The molecule has 3 aromatic rings. The van der Waals surface area contributed by atoms with E-state index in [0.29, 0.717) is 15.6 Å². The summed E-state index contributed by atoms with van der Waals surface area (Å²) in [5, 5.41) is 3.67. The molecule has 0 spiro atoms. The molecule has 10 heteroatoms. The van der Waals surface area contributed by atoms with E-state index in [-0.39, 0.29) is 29.1 Å². The largest absolute Gasteiger partial charge is 0.352 e. The first-order chi connectivity index (χ1) is 17.9. The van der Waals surface area contributed by atoms with Crippen LogP contribution in [0.4, 0.5) is 5.69 Å². The van der Waals surface area contributed by atoms with Crippen molar-refractivity contribution in [2.45, 2.75) is 51.2 Å². The van der Waals surface area contributed by atoms with E-state index in [1.165, 1.54) is 23.1 Å². The van der Waals surface area contributed by atoms with Gasteiger partial charge in [0.05, 0.1) is 10.6 Å². The second-order valence-electron chi connectivity index (χ2n) is 9.25. The van der Waals surface area contributed by atoms with E-state index in [2.05, 4.69) is 5.32 Å². The number of halogens is 2. The van der Waals surface area contributed by atoms with Crippen molar-refractivity contribution >= 4 is 50.7 Å². The van der Waals surface area contributed by atoms with Crippen LogP contribution in [-0.2, 0) is 26.2 Å². The van der Waals surface area contributed by atoms with Gasteiger partial charge in [-0.15, -0.1) is 0 Å². The molecule has 0 aliphatic carbocycles. The average Bonchev–Trinajstić information content (AvgIpc) is 2.87. The van der Waals surface area contributed by atoms with Crippen molar-refractivity contribution < 1.29 is 18.0 Å². The Balaban J connectivity index is 2.05. The number of benzene rings is 3. The van der Waals surface area contributed by atoms with Crippen molar-refractivity contribution in [2.75, 3.05) is 10.8 Å². The lowest BCUT2D eigenvalue weighted by Crippen LogP contribution is -2.52. The SMILES string of the molecule is Cc1ccc(N(CC(=O)N(Cc2cccc(Cl)c2)[C@H](C)C(=O)NC(C)C)S(=O)(=O)c2ccccc2)cc1Cl. The summed E-state index contributed by atoms with van der Waals surface area (Å²) in [6.45, 7) is 6.57. The first-order valence-corrected chi connectivity index (χ1v) is 14.3. The van der Waals surface area contributed by atoms with E-state index in [4.69, 9.17) is 23.2 Å². The smallest absolute Gasteiger partial charge is 0.264 e. The molecule has 3 aromatic carbocycles. The maximum absolute atomic E-state index is 13.9. The highest BCUT2D eigenvalue weighted by Crippen LogP contribution is 2.28. The predicted octanol–water partition coefficient (Wildman–Crippen LogP) is 5.44. The van der Waals surface area contributed by atoms with Crippen molar-refractivity contribution in [3.8, 4) is 0 Å². The number of anilines is 1. The summed E-state index contributed by atoms with van der Waals surface area (Å²) in [4.78, 5) is 28.2. The van der Waals surface area contributed by atoms with Gasteiger partial charge < -0.3 is 10.2 Å². The Hall–Kier alpha value is -3.07. The van der Waals surface area contributed by atoms with Crippen molar-refractivity contribution in [1.29, 1.82) is 0 Å². The number of rotatable bonds is 10. The zero-order valence-corrected chi connectivity index (χ0v) is 24.0. The highest BCUT2D eigenvalue weighted by molar-refractivity contribution is 7.92. The lowest BCUT2D eigenvalue weighted by atomic mass is 10.1. The lowest BCUT2D eigenvalue weighted by molar-refractivity contribution is -0.139. The van der Waals surface area contributed by atoms with E-state index in [1.807, 2.05) is 13.8 Å². The van der Waals surface area contributed by atoms with E-state index in [9.17, 15) is 18.0 Å². The molecule has 1 N–H and O–H groups in total. The minimum absolute atomic E-state index is 0.0245. The third-order valence-electron chi connectivity index (χ3n) is 5.89. The minimum atomic E-state index is -4.15. The number of carbonyl (C=O) groups excluding carboxylic acids is 2. The van der Waals surface area contributed by atoms with Crippen LogP contribution in [-0.4, -0.2) is 43.8 Å². The van der Waals surface area contributed by atoms with Crippen LogP contribution < -0.4 is 9.62 Å². The zero-order valence-electron chi connectivity index (χ0n) is 21.7. The summed E-state index contributed by atoms with van der Waals surface area (Å²) in [5.74, 6) is -0.918. The highest BCUT2D eigenvalue weighted by atomic mass is 35.5. The molecule has 0 aliphatic rings. The van der Waals surface area contributed by atoms with Gasteiger partial charge in [0, 0.05) is 22.6 Å². The quantitative estimate of drug-likeness (QED) is 0.348. The monoisotopic (exact) mass is 575 g/mol. The van der Waals surface area contributed by atoms with Crippen molar-refractivity contribution in [3.63, 3.8) is 0 Å². The third kappa shape index (κ3) is 7.28. The van der Waals surface area contributed by atoms with Crippen LogP contribution >= 0.6 is 23.2 Å². The molecule has 0 aromatic heterocycles. The molecule has 38 heavy (non-hydrogen) atoms. The fourth-order valence-corrected chi connectivity index (χ4v) is 5.62. The number of nitrogens with one attached hydrogen (secondary N) is 1.